The minimum atomic E-state index is 0. The van der Waals surface area contributed by atoms with Crippen LogP contribution in [-0.4, -0.2) is 82.7 Å². The molecular weight excluding hydrogens is 499 g/mol. The van der Waals surface area contributed by atoms with Crippen LogP contribution in [0.1, 0.15) is 25.5 Å². The van der Waals surface area contributed by atoms with E-state index in [2.05, 4.69) is 22.5 Å². The van der Waals surface area contributed by atoms with Crippen molar-refractivity contribution < 1.29 is 18.6 Å². The predicted molar refractivity (Wildman–Crippen MR) is 127 cm³/mol. The van der Waals surface area contributed by atoms with E-state index in [1.165, 1.54) is 0 Å². The lowest BCUT2D eigenvalue weighted by atomic mass is 9.97. The van der Waals surface area contributed by atoms with Crippen LogP contribution in [-0.2, 0) is 20.8 Å². The zero-order valence-corrected chi connectivity index (χ0v) is 20.3. The molecule has 0 spiro atoms. The molecule has 8 nitrogen and oxygen atoms in total. The maximum Gasteiger partial charge on any atom is 0.191 e. The van der Waals surface area contributed by atoms with Gasteiger partial charge in [0.2, 0.25) is 0 Å². The lowest BCUT2D eigenvalue weighted by Gasteiger charge is -2.36. The SMILES string of the molecule is CCNC(=NCC(C1CCOC1)N1CCOCC1)NCCCOCc1ccco1.I. The molecule has 2 unspecified atom stereocenters. The van der Waals surface area contributed by atoms with Gasteiger partial charge in [0.1, 0.15) is 12.4 Å². The number of nitrogens with one attached hydrogen (secondary N) is 2. The fourth-order valence-corrected chi connectivity index (χ4v) is 3.80. The molecule has 172 valence electrons. The Morgan fingerprint density at radius 1 is 1.27 bits per heavy atom. The van der Waals surface area contributed by atoms with Gasteiger partial charge in [-0.05, 0) is 31.9 Å². The predicted octanol–water partition coefficient (Wildman–Crippen LogP) is 2.10. The highest BCUT2D eigenvalue weighted by Gasteiger charge is 2.31. The third-order valence-electron chi connectivity index (χ3n) is 5.39. The molecule has 2 atom stereocenters. The number of nitrogens with zero attached hydrogens (tertiary/aromatic N) is 2. The Hall–Kier alpha value is -0.880. The number of aliphatic imine (C=N–C) groups is 1. The van der Waals surface area contributed by atoms with Crippen molar-refractivity contribution in [2.45, 2.75) is 32.4 Å². The number of rotatable bonds is 11. The van der Waals surface area contributed by atoms with Gasteiger partial charge < -0.3 is 29.3 Å². The summed E-state index contributed by atoms with van der Waals surface area (Å²) in [6.45, 7) is 11.0. The van der Waals surface area contributed by atoms with E-state index in [1.807, 2.05) is 12.1 Å². The van der Waals surface area contributed by atoms with Crippen LogP contribution in [0.3, 0.4) is 0 Å². The van der Waals surface area contributed by atoms with E-state index in [4.69, 9.17) is 23.6 Å². The lowest BCUT2D eigenvalue weighted by Crippen LogP contribution is -2.49. The van der Waals surface area contributed by atoms with E-state index in [-0.39, 0.29) is 24.0 Å². The third-order valence-corrected chi connectivity index (χ3v) is 5.39. The van der Waals surface area contributed by atoms with Gasteiger partial charge in [-0.2, -0.15) is 0 Å². The first-order valence-electron chi connectivity index (χ1n) is 10.9. The van der Waals surface area contributed by atoms with Crippen LogP contribution in [0.5, 0.6) is 0 Å². The molecule has 30 heavy (non-hydrogen) atoms. The topological polar surface area (TPSA) is 80.5 Å². The minimum Gasteiger partial charge on any atom is -0.467 e. The Bertz CT molecular complexity index is 576. The molecule has 3 heterocycles. The van der Waals surface area contributed by atoms with Crippen LogP contribution in [0, 0.1) is 5.92 Å². The average Bonchev–Trinajstić information content (AvgIpc) is 3.46. The molecule has 1 aromatic rings. The zero-order valence-electron chi connectivity index (χ0n) is 18.0. The van der Waals surface area contributed by atoms with Crippen molar-refractivity contribution in [3.05, 3.63) is 24.2 Å². The van der Waals surface area contributed by atoms with E-state index >= 15 is 0 Å². The van der Waals surface area contributed by atoms with Crippen LogP contribution in [0.25, 0.3) is 0 Å². The summed E-state index contributed by atoms with van der Waals surface area (Å²) in [6.07, 6.45) is 3.70. The van der Waals surface area contributed by atoms with E-state index < -0.39 is 0 Å². The molecule has 2 aliphatic rings. The van der Waals surface area contributed by atoms with Crippen LogP contribution in [0.15, 0.2) is 27.8 Å². The molecule has 2 saturated heterocycles. The van der Waals surface area contributed by atoms with E-state index in [0.717, 1.165) is 83.7 Å². The Morgan fingerprint density at radius 2 is 2.13 bits per heavy atom. The van der Waals surface area contributed by atoms with Gasteiger partial charge in [0.05, 0.1) is 32.6 Å². The number of morpholine rings is 1. The summed E-state index contributed by atoms with van der Waals surface area (Å²) in [4.78, 5) is 7.42. The number of hydrogen-bond donors (Lipinski definition) is 2. The fraction of sp³-hybridized carbons (Fsp3) is 0.762. The summed E-state index contributed by atoms with van der Waals surface area (Å²) in [5.74, 6) is 2.28. The normalized spacial score (nSPS) is 21.2. The molecule has 2 aliphatic heterocycles. The monoisotopic (exact) mass is 536 g/mol. The van der Waals surface area contributed by atoms with Crippen molar-refractivity contribution in [2.24, 2.45) is 10.9 Å². The van der Waals surface area contributed by atoms with Crippen molar-refractivity contribution in [1.82, 2.24) is 15.5 Å². The van der Waals surface area contributed by atoms with Gasteiger partial charge in [0.15, 0.2) is 5.96 Å². The summed E-state index contributed by atoms with van der Waals surface area (Å²) in [5.41, 5.74) is 0. The van der Waals surface area contributed by atoms with Gasteiger partial charge in [-0.15, -0.1) is 24.0 Å². The second-order valence-electron chi connectivity index (χ2n) is 7.47. The molecule has 1 aromatic heterocycles. The van der Waals surface area contributed by atoms with E-state index in [1.54, 1.807) is 6.26 Å². The number of hydrogen-bond acceptors (Lipinski definition) is 6. The second-order valence-corrected chi connectivity index (χ2v) is 7.47. The van der Waals surface area contributed by atoms with E-state index in [9.17, 15) is 0 Å². The zero-order chi connectivity index (χ0) is 20.2. The molecule has 0 aromatic carbocycles. The fourth-order valence-electron chi connectivity index (χ4n) is 3.80. The number of halogens is 1. The van der Waals surface area contributed by atoms with Crippen molar-refractivity contribution in [3.63, 3.8) is 0 Å². The standard InChI is InChI=1S/C21H36N4O4.HI/c1-2-22-21(23-7-4-10-27-17-19-5-3-11-29-19)24-15-20(18-6-12-28-16-18)25-8-13-26-14-9-25;/h3,5,11,18,20H,2,4,6-10,12-17H2,1H3,(H2,22,23,24);1H. The first-order valence-corrected chi connectivity index (χ1v) is 10.9. The molecule has 0 aliphatic carbocycles. The van der Waals surface area contributed by atoms with Gasteiger partial charge in [-0.25, -0.2) is 0 Å². The van der Waals surface area contributed by atoms with Gasteiger partial charge in [0, 0.05) is 51.4 Å². The molecule has 2 N–H and O–H groups in total. The highest BCUT2D eigenvalue weighted by atomic mass is 127. The van der Waals surface area contributed by atoms with Gasteiger partial charge >= 0.3 is 0 Å². The molecule has 0 amide bonds. The Balaban J connectivity index is 0.00000320. The highest BCUT2D eigenvalue weighted by Crippen LogP contribution is 2.22. The molecular formula is C21H37IN4O4. The lowest BCUT2D eigenvalue weighted by molar-refractivity contribution is 0.00368. The smallest absolute Gasteiger partial charge is 0.191 e. The maximum absolute atomic E-state index is 5.65. The summed E-state index contributed by atoms with van der Waals surface area (Å²) < 4.78 is 22.1. The summed E-state index contributed by atoms with van der Waals surface area (Å²) in [7, 11) is 0. The molecule has 9 heteroatoms. The average molecular weight is 536 g/mol. The molecule has 0 bridgehead atoms. The molecule has 0 radical (unpaired) electrons. The number of guanidine groups is 1. The van der Waals surface area contributed by atoms with Crippen molar-refractivity contribution in [2.75, 3.05) is 65.8 Å². The van der Waals surface area contributed by atoms with Gasteiger partial charge in [0.25, 0.3) is 0 Å². The second kappa shape index (κ2) is 15.0. The Labute approximate surface area is 197 Å². The third kappa shape index (κ3) is 8.70. The highest BCUT2D eigenvalue weighted by molar-refractivity contribution is 14.0. The van der Waals surface area contributed by atoms with Gasteiger partial charge in [-0.3, -0.25) is 9.89 Å². The van der Waals surface area contributed by atoms with Crippen molar-refractivity contribution in [1.29, 1.82) is 0 Å². The quantitative estimate of drug-likeness (QED) is 0.194. The summed E-state index contributed by atoms with van der Waals surface area (Å²) >= 11 is 0. The Morgan fingerprint density at radius 3 is 2.83 bits per heavy atom. The van der Waals surface area contributed by atoms with Crippen LogP contribution >= 0.6 is 24.0 Å². The maximum atomic E-state index is 5.65. The summed E-state index contributed by atoms with van der Waals surface area (Å²) in [5, 5.41) is 6.78. The minimum absolute atomic E-state index is 0. The van der Waals surface area contributed by atoms with Crippen LogP contribution in [0.4, 0.5) is 0 Å². The number of furan rings is 1. The van der Waals surface area contributed by atoms with Crippen molar-refractivity contribution in [3.8, 4) is 0 Å². The first-order chi connectivity index (χ1) is 14.4. The Kier molecular flexibility index (Phi) is 12.7. The van der Waals surface area contributed by atoms with E-state index in [0.29, 0.717) is 25.2 Å². The molecule has 3 rings (SSSR count). The van der Waals surface area contributed by atoms with Crippen LogP contribution in [0.2, 0.25) is 0 Å². The summed E-state index contributed by atoms with van der Waals surface area (Å²) in [6, 6.07) is 4.21. The van der Waals surface area contributed by atoms with Crippen molar-refractivity contribution >= 4 is 29.9 Å². The molecule has 0 saturated carbocycles. The first kappa shape index (κ1) is 25.4. The van der Waals surface area contributed by atoms with Crippen LogP contribution < -0.4 is 10.6 Å². The number of ether oxygens (including phenoxy) is 3. The van der Waals surface area contributed by atoms with Gasteiger partial charge in [-0.1, -0.05) is 0 Å². The molecule has 2 fully saturated rings. The largest absolute Gasteiger partial charge is 0.467 e.